The minimum absolute atomic E-state index is 0.499. The first-order valence-corrected chi connectivity index (χ1v) is 6.03. The van der Waals surface area contributed by atoms with Crippen molar-refractivity contribution in [2.45, 2.75) is 33.6 Å². The first-order valence-electron chi connectivity index (χ1n) is 6.03. The van der Waals surface area contributed by atoms with E-state index in [0.29, 0.717) is 5.92 Å². The van der Waals surface area contributed by atoms with Gasteiger partial charge in [0.1, 0.15) is 0 Å². The summed E-state index contributed by atoms with van der Waals surface area (Å²) in [4.78, 5) is 11.1. The average molecular weight is 226 g/mol. The number of carbonyl (C=O) groups excluding carboxylic acids is 1. The number of aldehydes is 1. The molecule has 0 spiro atoms. The Morgan fingerprint density at radius 2 is 1.76 bits per heavy atom. The molecule has 0 heterocycles. The van der Waals surface area contributed by atoms with E-state index in [4.69, 9.17) is 0 Å². The van der Waals surface area contributed by atoms with Gasteiger partial charge < -0.3 is 0 Å². The van der Waals surface area contributed by atoms with Crippen LogP contribution >= 0.6 is 0 Å². The quantitative estimate of drug-likeness (QED) is 0.696. The van der Waals surface area contributed by atoms with Crippen molar-refractivity contribution in [2.75, 3.05) is 0 Å². The van der Waals surface area contributed by atoms with Gasteiger partial charge >= 0.3 is 0 Å². The predicted molar refractivity (Wildman–Crippen MR) is 72.0 cm³/mol. The van der Waals surface area contributed by atoms with Crippen LogP contribution in [-0.2, 0) is 0 Å². The fourth-order valence-corrected chi connectivity index (χ4v) is 2.33. The lowest BCUT2D eigenvalue weighted by Gasteiger charge is -2.03. The monoisotopic (exact) mass is 226 g/mol. The number of hydrogen-bond acceptors (Lipinski definition) is 1. The highest BCUT2D eigenvalue weighted by Gasteiger charge is 2.15. The van der Waals surface area contributed by atoms with Crippen LogP contribution in [0.25, 0.3) is 11.1 Å². The largest absolute Gasteiger partial charge is 0.298 e. The summed E-state index contributed by atoms with van der Waals surface area (Å²) in [5.74, 6) is 0.499. The molecule has 0 amide bonds. The fourth-order valence-electron chi connectivity index (χ4n) is 2.33. The molecular weight excluding hydrogens is 208 g/mol. The van der Waals surface area contributed by atoms with E-state index in [-0.39, 0.29) is 0 Å². The van der Waals surface area contributed by atoms with Crippen molar-refractivity contribution in [1.29, 1.82) is 0 Å². The highest BCUT2D eigenvalue weighted by atomic mass is 16.1. The van der Waals surface area contributed by atoms with Crippen LogP contribution in [0.3, 0.4) is 0 Å². The Bertz CT molecular complexity index is 538. The summed E-state index contributed by atoms with van der Waals surface area (Å²) in [7, 11) is 0. The molecule has 0 aromatic rings. The molecule has 2 aliphatic carbocycles. The first kappa shape index (κ1) is 11.8. The highest BCUT2D eigenvalue weighted by Crippen LogP contribution is 2.35. The van der Waals surface area contributed by atoms with Crippen LogP contribution in [0.4, 0.5) is 0 Å². The van der Waals surface area contributed by atoms with E-state index >= 15 is 0 Å². The lowest BCUT2D eigenvalue weighted by molar-refractivity contribution is 0.112. The molecule has 0 fully saturated rings. The molecule has 88 valence electrons. The van der Waals surface area contributed by atoms with Gasteiger partial charge in [0.05, 0.1) is 0 Å². The Hall–Kier alpha value is -1.63. The molecule has 0 unspecified atom stereocenters. The van der Waals surface area contributed by atoms with Crippen LogP contribution in [0.15, 0.2) is 24.3 Å². The average Bonchev–Trinajstić information content (AvgIpc) is 2.48. The minimum atomic E-state index is 0.499. The molecule has 0 N–H and O–H groups in total. The molecule has 0 saturated carbocycles. The molecule has 0 aromatic heterocycles. The van der Waals surface area contributed by atoms with Crippen molar-refractivity contribution in [2.24, 2.45) is 0 Å². The number of aryl methyl sites for hydroxylation is 2. The summed E-state index contributed by atoms with van der Waals surface area (Å²) in [6.07, 6.45) is 0.956. The van der Waals surface area contributed by atoms with Crippen molar-refractivity contribution >= 4 is 6.29 Å². The third-order valence-corrected chi connectivity index (χ3v) is 3.38. The smallest absolute Gasteiger partial charge is 0.150 e. The third kappa shape index (κ3) is 1.97. The van der Waals surface area contributed by atoms with E-state index in [9.17, 15) is 4.79 Å². The van der Waals surface area contributed by atoms with Gasteiger partial charge in [-0.25, -0.2) is 0 Å². The maximum atomic E-state index is 11.1. The zero-order valence-electron chi connectivity index (χ0n) is 10.9. The van der Waals surface area contributed by atoms with Crippen LogP contribution in [0.5, 0.6) is 0 Å². The van der Waals surface area contributed by atoms with Crippen LogP contribution in [0, 0.1) is 13.8 Å². The highest BCUT2D eigenvalue weighted by molar-refractivity contribution is 5.93. The molecule has 0 aromatic carbocycles. The van der Waals surface area contributed by atoms with Crippen molar-refractivity contribution < 1.29 is 4.79 Å². The van der Waals surface area contributed by atoms with Crippen LogP contribution in [0.2, 0.25) is 0 Å². The van der Waals surface area contributed by atoms with E-state index in [1.807, 2.05) is 6.07 Å². The SMILES string of the molecule is Cc1cc(C=O)c2c(C)ccc(C(C)C)cc1-2. The lowest BCUT2D eigenvalue weighted by Crippen LogP contribution is -1.84. The molecule has 2 aliphatic rings. The second kappa shape index (κ2) is 4.33. The van der Waals surface area contributed by atoms with Crippen LogP contribution < -0.4 is 0 Å². The van der Waals surface area contributed by atoms with E-state index in [2.05, 4.69) is 45.9 Å². The van der Waals surface area contributed by atoms with Crippen molar-refractivity contribution in [3.05, 3.63) is 46.5 Å². The topological polar surface area (TPSA) is 17.1 Å². The fraction of sp³-hybridized carbons (Fsp3) is 0.312. The van der Waals surface area contributed by atoms with Gasteiger partial charge in [0, 0.05) is 5.56 Å². The molecule has 2 rings (SSSR count). The van der Waals surface area contributed by atoms with Gasteiger partial charge in [-0.2, -0.15) is 0 Å². The van der Waals surface area contributed by atoms with Gasteiger partial charge in [0.2, 0.25) is 0 Å². The predicted octanol–water partition coefficient (Wildman–Crippen LogP) is 4.34. The first-order chi connectivity index (χ1) is 8.04. The van der Waals surface area contributed by atoms with E-state index in [0.717, 1.165) is 17.4 Å². The Morgan fingerprint density at radius 1 is 1.06 bits per heavy atom. The summed E-state index contributed by atoms with van der Waals surface area (Å²) in [6.45, 7) is 8.52. The zero-order valence-corrected chi connectivity index (χ0v) is 10.9. The van der Waals surface area contributed by atoms with E-state index in [1.54, 1.807) is 0 Å². The third-order valence-electron chi connectivity index (χ3n) is 3.38. The van der Waals surface area contributed by atoms with Gasteiger partial charge in [0.15, 0.2) is 6.29 Å². The molecule has 1 heteroatoms. The number of hydrogen-bond donors (Lipinski definition) is 0. The molecule has 0 saturated heterocycles. The molecule has 0 atom stereocenters. The van der Waals surface area contributed by atoms with E-state index in [1.165, 1.54) is 22.3 Å². The molecule has 1 nitrogen and oxygen atoms in total. The van der Waals surface area contributed by atoms with Gasteiger partial charge in [-0.1, -0.05) is 32.0 Å². The van der Waals surface area contributed by atoms with Gasteiger partial charge in [-0.05, 0) is 53.6 Å². The Morgan fingerprint density at radius 3 is 2.35 bits per heavy atom. The molecule has 17 heavy (non-hydrogen) atoms. The Labute approximate surface area is 103 Å². The second-order valence-electron chi connectivity index (χ2n) is 5.00. The number of rotatable bonds is 2. The summed E-state index contributed by atoms with van der Waals surface area (Å²) in [5, 5.41) is 0. The Kier molecular flexibility index (Phi) is 3.01. The summed E-state index contributed by atoms with van der Waals surface area (Å²) >= 11 is 0. The maximum absolute atomic E-state index is 11.1. The van der Waals surface area contributed by atoms with Gasteiger partial charge in [0.25, 0.3) is 0 Å². The minimum Gasteiger partial charge on any atom is -0.298 e. The Balaban J connectivity index is 2.79. The van der Waals surface area contributed by atoms with Crippen molar-refractivity contribution in [1.82, 2.24) is 0 Å². The number of carbonyl (C=O) groups is 1. The molecular formula is C16H18O. The maximum Gasteiger partial charge on any atom is 0.150 e. The second-order valence-corrected chi connectivity index (χ2v) is 5.00. The number of fused-ring (bicyclic) bond motifs is 1. The van der Waals surface area contributed by atoms with Crippen molar-refractivity contribution in [3.63, 3.8) is 0 Å². The van der Waals surface area contributed by atoms with Gasteiger partial charge in [-0.3, -0.25) is 4.79 Å². The summed E-state index contributed by atoms with van der Waals surface area (Å²) < 4.78 is 0. The summed E-state index contributed by atoms with van der Waals surface area (Å²) in [5.41, 5.74) is 6.78. The normalized spacial score (nSPS) is 11.1. The molecule has 0 radical (unpaired) electrons. The summed E-state index contributed by atoms with van der Waals surface area (Å²) in [6, 6.07) is 8.47. The van der Waals surface area contributed by atoms with E-state index < -0.39 is 0 Å². The van der Waals surface area contributed by atoms with Gasteiger partial charge in [-0.15, -0.1) is 0 Å². The lowest BCUT2D eigenvalue weighted by atomic mass is 10.0. The molecule has 0 aliphatic heterocycles. The zero-order chi connectivity index (χ0) is 12.6. The van der Waals surface area contributed by atoms with Crippen LogP contribution in [0.1, 0.15) is 46.8 Å². The van der Waals surface area contributed by atoms with Crippen molar-refractivity contribution in [3.8, 4) is 11.1 Å². The molecule has 0 bridgehead atoms. The standard InChI is InChI=1S/C16H18O/c1-10(2)13-6-5-11(3)16-14(9-17)7-12(4)15(16)8-13/h5-10H,1-4H3. The van der Waals surface area contributed by atoms with Crippen LogP contribution in [-0.4, -0.2) is 6.29 Å².